The van der Waals surface area contributed by atoms with Gasteiger partial charge in [-0.1, -0.05) is 62.6 Å². The fourth-order valence-electron chi connectivity index (χ4n) is 3.98. The van der Waals surface area contributed by atoms with Gasteiger partial charge in [0.15, 0.2) is 0 Å². The first-order valence-electron chi connectivity index (χ1n) is 12.9. The summed E-state index contributed by atoms with van der Waals surface area (Å²) in [5.41, 5.74) is 5.52. The minimum atomic E-state index is 0.121. The van der Waals surface area contributed by atoms with E-state index in [9.17, 15) is 0 Å². The number of rotatable bonds is 15. The van der Waals surface area contributed by atoms with Gasteiger partial charge in [-0.3, -0.25) is 10.5 Å². The lowest BCUT2D eigenvalue weighted by atomic mass is 9.93. The molecule has 0 radical (unpaired) electrons. The standard InChI is InChI=1S/C31H36O6/c1-2-3-4-5-6-7-28-24-26(9-8-25-10-15-29(16-11-25)34-20-22-36-32)12-19-31(28)27-13-17-30(18-14-27)35-21-23-37-33/h10-19,24,32-33H,2-7,20-23H2,1H3. The Labute approximate surface area is 219 Å². The highest BCUT2D eigenvalue weighted by molar-refractivity contribution is 5.69. The lowest BCUT2D eigenvalue weighted by Gasteiger charge is -2.12. The SMILES string of the molecule is CCCCCCCc1cc(C#Cc2ccc(OCCOO)cc2)ccc1-c1ccc(OCCOO)cc1. The minimum absolute atomic E-state index is 0.121. The molecule has 3 aromatic carbocycles. The molecular weight excluding hydrogens is 468 g/mol. The average molecular weight is 505 g/mol. The second-order valence-electron chi connectivity index (χ2n) is 8.70. The maximum atomic E-state index is 8.45. The van der Waals surface area contributed by atoms with Gasteiger partial charge in [-0.05, 0) is 78.1 Å². The van der Waals surface area contributed by atoms with Crippen LogP contribution >= 0.6 is 0 Å². The number of benzene rings is 3. The van der Waals surface area contributed by atoms with Crippen molar-refractivity contribution in [2.75, 3.05) is 26.4 Å². The molecule has 0 aromatic heterocycles. The average Bonchev–Trinajstić information content (AvgIpc) is 2.93. The lowest BCUT2D eigenvalue weighted by molar-refractivity contribution is -0.245. The summed E-state index contributed by atoms with van der Waals surface area (Å²) in [5.74, 6) is 7.99. The van der Waals surface area contributed by atoms with E-state index in [1.54, 1.807) is 0 Å². The van der Waals surface area contributed by atoms with Gasteiger partial charge in [0.05, 0.1) is 0 Å². The molecule has 0 spiro atoms. The van der Waals surface area contributed by atoms with Gasteiger partial charge in [0.25, 0.3) is 0 Å². The fourth-order valence-corrected chi connectivity index (χ4v) is 3.98. The molecule has 0 saturated carbocycles. The van der Waals surface area contributed by atoms with Crippen LogP contribution in [0.1, 0.15) is 55.7 Å². The molecule has 0 aliphatic carbocycles. The number of unbranched alkanes of at least 4 members (excludes halogenated alkanes) is 4. The molecule has 3 aromatic rings. The van der Waals surface area contributed by atoms with Crippen LogP contribution in [0, 0.1) is 11.8 Å². The Bertz CT molecular complexity index is 1110. The molecule has 0 atom stereocenters. The predicted molar refractivity (Wildman–Crippen MR) is 145 cm³/mol. The maximum absolute atomic E-state index is 8.45. The highest BCUT2D eigenvalue weighted by Gasteiger charge is 2.07. The summed E-state index contributed by atoms with van der Waals surface area (Å²) < 4.78 is 11.0. The number of hydrogen-bond donors (Lipinski definition) is 2. The first-order valence-corrected chi connectivity index (χ1v) is 12.9. The maximum Gasteiger partial charge on any atom is 0.119 e. The monoisotopic (exact) mass is 504 g/mol. The van der Waals surface area contributed by atoms with Crippen LogP contribution in [0.3, 0.4) is 0 Å². The van der Waals surface area contributed by atoms with Crippen molar-refractivity contribution < 1.29 is 29.8 Å². The summed E-state index contributed by atoms with van der Waals surface area (Å²) in [5, 5.41) is 16.8. The largest absolute Gasteiger partial charge is 0.491 e. The number of ether oxygens (including phenoxy) is 2. The summed E-state index contributed by atoms with van der Waals surface area (Å²) in [4.78, 5) is 8.08. The van der Waals surface area contributed by atoms with Gasteiger partial charge in [0, 0.05) is 11.1 Å². The third kappa shape index (κ3) is 9.91. The Hall–Kier alpha value is -3.34. The Kier molecular flexibility index (Phi) is 12.5. The Morgan fingerprint density at radius 2 is 1.19 bits per heavy atom. The molecule has 37 heavy (non-hydrogen) atoms. The Balaban J connectivity index is 1.75. The zero-order valence-electron chi connectivity index (χ0n) is 21.4. The molecule has 0 unspecified atom stereocenters. The van der Waals surface area contributed by atoms with Gasteiger partial charge < -0.3 is 9.47 Å². The summed E-state index contributed by atoms with van der Waals surface area (Å²) in [7, 11) is 0. The van der Waals surface area contributed by atoms with Crippen LogP contribution < -0.4 is 9.47 Å². The van der Waals surface area contributed by atoms with E-state index in [-0.39, 0.29) is 19.8 Å². The molecule has 0 amide bonds. The number of aryl methyl sites for hydroxylation is 1. The lowest BCUT2D eigenvalue weighted by Crippen LogP contribution is -2.04. The fraction of sp³-hybridized carbons (Fsp3) is 0.355. The van der Waals surface area contributed by atoms with Crippen molar-refractivity contribution in [3.05, 3.63) is 83.4 Å². The highest BCUT2D eigenvalue weighted by Crippen LogP contribution is 2.28. The second kappa shape index (κ2) is 16.4. The molecule has 6 heteroatoms. The van der Waals surface area contributed by atoms with E-state index in [0.717, 1.165) is 35.3 Å². The molecular formula is C31H36O6. The summed E-state index contributed by atoms with van der Waals surface area (Å²) in [6.45, 7) is 3.06. The molecule has 0 bridgehead atoms. The molecule has 0 aliphatic heterocycles. The van der Waals surface area contributed by atoms with Crippen molar-refractivity contribution in [1.29, 1.82) is 0 Å². The Morgan fingerprint density at radius 1 is 0.622 bits per heavy atom. The van der Waals surface area contributed by atoms with Crippen molar-refractivity contribution in [3.63, 3.8) is 0 Å². The molecule has 6 nitrogen and oxygen atoms in total. The highest BCUT2D eigenvalue weighted by atomic mass is 17.1. The van der Waals surface area contributed by atoms with E-state index in [0.29, 0.717) is 12.4 Å². The van der Waals surface area contributed by atoms with E-state index in [2.05, 4.69) is 58.9 Å². The smallest absolute Gasteiger partial charge is 0.119 e. The molecule has 0 fully saturated rings. The predicted octanol–water partition coefficient (Wildman–Crippen LogP) is 7.00. The Morgan fingerprint density at radius 3 is 1.81 bits per heavy atom. The molecule has 196 valence electrons. The third-order valence-corrected chi connectivity index (χ3v) is 5.91. The van der Waals surface area contributed by atoms with Gasteiger partial charge in [-0.25, -0.2) is 9.78 Å². The summed E-state index contributed by atoms with van der Waals surface area (Å²) in [6.07, 6.45) is 7.15. The van der Waals surface area contributed by atoms with Crippen LogP contribution in [-0.4, -0.2) is 36.9 Å². The first-order chi connectivity index (χ1) is 18.2. The normalized spacial score (nSPS) is 10.6. The summed E-state index contributed by atoms with van der Waals surface area (Å²) >= 11 is 0. The van der Waals surface area contributed by atoms with Gasteiger partial charge in [0.1, 0.15) is 37.9 Å². The minimum Gasteiger partial charge on any atom is -0.491 e. The van der Waals surface area contributed by atoms with Gasteiger partial charge in [0.2, 0.25) is 0 Å². The van der Waals surface area contributed by atoms with Crippen molar-refractivity contribution in [2.24, 2.45) is 0 Å². The van der Waals surface area contributed by atoms with E-state index in [1.165, 1.54) is 36.8 Å². The van der Waals surface area contributed by atoms with Crippen molar-refractivity contribution >= 4 is 0 Å². The molecule has 3 rings (SSSR count). The van der Waals surface area contributed by atoms with Crippen LogP contribution in [0.15, 0.2) is 66.7 Å². The topological polar surface area (TPSA) is 77.4 Å². The first kappa shape index (κ1) is 28.2. The van der Waals surface area contributed by atoms with E-state index >= 15 is 0 Å². The van der Waals surface area contributed by atoms with Crippen LogP contribution in [-0.2, 0) is 16.2 Å². The van der Waals surface area contributed by atoms with Crippen LogP contribution in [0.25, 0.3) is 11.1 Å². The van der Waals surface area contributed by atoms with Gasteiger partial charge >= 0.3 is 0 Å². The summed E-state index contributed by atoms with van der Waals surface area (Å²) in [6, 6.07) is 22.0. The van der Waals surface area contributed by atoms with Crippen molar-refractivity contribution in [2.45, 2.75) is 45.4 Å². The van der Waals surface area contributed by atoms with Crippen molar-refractivity contribution in [1.82, 2.24) is 0 Å². The van der Waals surface area contributed by atoms with E-state index < -0.39 is 0 Å². The second-order valence-corrected chi connectivity index (χ2v) is 8.70. The van der Waals surface area contributed by atoms with E-state index in [1.807, 2.05) is 36.4 Å². The zero-order valence-corrected chi connectivity index (χ0v) is 21.4. The quantitative estimate of drug-likeness (QED) is 0.100. The molecule has 2 N–H and O–H groups in total. The molecule has 0 saturated heterocycles. The molecule has 0 heterocycles. The van der Waals surface area contributed by atoms with E-state index in [4.69, 9.17) is 20.0 Å². The number of hydrogen-bond acceptors (Lipinski definition) is 6. The zero-order chi connectivity index (χ0) is 26.1. The van der Waals surface area contributed by atoms with Crippen LogP contribution in [0.5, 0.6) is 11.5 Å². The molecule has 0 aliphatic rings. The van der Waals surface area contributed by atoms with Crippen molar-refractivity contribution in [3.8, 4) is 34.5 Å². The third-order valence-electron chi connectivity index (χ3n) is 5.91. The van der Waals surface area contributed by atoms with Crippen LogP contribution in [0.4, 0.5) is 0 Å². The van der Waals surface area contributed by atoms with Crippen LogP contribution in [0.2, 0.25) is 0 Å². The van der Waals surface area contributed by atoms with Gasteiger partial charge in [-0.15, -0.1) is 0 Å². The van der Waals surface area contributed by atoms with Gasteiger partial charge in [-0.2, -0.15) is 0 Å².